The van der Waals surface area contributed by atoms with Crippen molar-refractivity contribution in [1.29, 1.82) is 5.26 Å². The van der Waals surface area contributed by atoms with Gasteiger partial charge in [-0.15, -0.1) is 0 Å². The quantitative estimate of drug-likeness (QED) is 0.616. The van der Waals surface area contributed by atoms with Crippen LogP contribution in [-0.2, 0) is 0 Å². The Morgan fingerprint density at radius 1 is 1.67 bits per heavy atom. The standard InChI is InChI=1S/C6H5BrN2/c7-5-1-2-6(3-8)9-4-5/h1-2,9H,4H2. The van der Waals surface area contributed by atoms with Gasteiger partial charge < -0.3 is 5.32 Å². The number of nitrogens with one attached hydrogen (secondary N) is 1. The number of halogens is 1. The van der Waals surface area contributed by atoms with Gasteiger partial charge in [0.15, 0.2) is 0 Å². The summed E-state index contributed by atoms with van der Waals surface area (Å²) in [5.41, 5.74) is 0.623. The molecule has 0 saturated heterocycles. The normalized spacial score (nSPS) is 16.9. The molecule has 0 bridgehead atoms. The van der Waals surface area contributed by atoms with E-state index in [1.165, 1.54) is 0 Å². The third kappa shape index (κ3) is 1.58. The van der Waals surface area contributed by atoms with E-state index in [1.807, 2.05) is 12.1 Å². The van der Waals surface area contributed by atoms with Crippen molar-refractivity contribution in [2.24, 2.45) is 0 Å². The third-order valence-electron chi connectivity index (χ3n) is 0.999. The summed E-state index contributed by atoms with van der Waals surface area (Å²) in [5, 5.41) is 11.3. The van der Waals surface area contributed by atoms with E-state index < -0.39 is 0 Å². The monoisotopic (exact) mass is 184 g/mol. The van der Waals surface area contributed by atoms with Crippen molar-refractivity contribution in [3.05, 3.63) is 22.3 Å². The van der Waals surface area contributed by atoms with Gasteiger partial charge in [0.1, 0.15) is 11.8 Å². The van der Waals surface area contributed by atoms with E-state index in [4.69, 9.17) is 5.26 Å². The SMILES string of the molecule is N#CC1=CC=C(Br)CN1. The van der Waals surface area contributed by atoms with Crippen LogP contribution in [0.3, 0.4) is 0 Å². The van der Waals surface area contributed by atoms with Crippen LogP contribution < -0.4 is 5.32 Å². The number of dihydropyridines is 1. The Morgan fingerprint density at radius 2 is 2.44 bits per heavy atom. The van der Waals surface area contributed by atoms with Gasteiger partial charge in [0.2, 0.25) is 0 Å². The Labute approximate surface area is 62.0 Å². The van der Waals surface area contributed by atoms with Crippen LogP contribution in [0.1, 0.15) is 0 Å². The molecule has 0 fully saturated rings. The first-order chi connectivity index (χ1) is 4.33. The number of allylic oxidation sites excluding steroid dienone is 3. The molecule has 0 saturated carbocycles. The molecule has 0 unspecified atom stereocenters. The Hall–Kier alpha value is -0.750. The molecule has 0 aliphatic carbocycles. The molecule has 0 aromatic carbocycles. The lowest BCUT2D eigenvalue weighted by atomic mass is 10.3. The summed E-state index contributed by atoms with van der Waals surface area (Å²) < 4.78 is 1.07. The summed E-state index contributed by atoms with van der Waals surface area (Å²) in [5.74, 6) is 0. The smallest absolute Gasteiger partial charge is 0.117 e. The molecule has 1 heterocycles. The minimum absolute atomic E-state index is 0.623. The maximum absolute atomic E-state index is 8.35. The molecule has 0 spiro atoms. The zero-order valence-corrected chi connectivity index (χ0v) is 6.27. The first-order valence-corrected chi connectivity index (χ1v) is 3.32. The minimum atomic E-state index is 0.623. The van der Waals surface area contributed by atoms with Crippen molar-refractivity contribution in [1.82, 2.24) is 5.32 Å². The number of hydrogen-bond donors (Lipinski definition) is 1. The molecular weight excluding hydrogens is 180 g/mol. The largest absolute Gasteiger partial charge is 0.372 e. The number of nitrogens with zero attached hydrogens (tertiary/aromatic N) is 1. The second-order valence-corrected chi connectivity index (χ2v) is 2.68. The molecule has 0 aromatic heterocycles. The Balaban J connectivity index is 2.73. The molecule has 0 radical (unpaired) electrons. The van der Waals surface area contributed by atoms with Crippen molar-refractivity contribution in [2.75, 3.05) is 6.54 Å². The summed E-state index contributed by atoms with van der Waals surface area (Å²) in [6.45, 7) is 0.722. The Kier molecular flexibility index (Phi) is 1.91. The van der Waals surface area contributed by atoms with Crippen molar-refractivity contribution in [2.45, 2.75) is 0 Å². The second kappa shape index (κ2) is 2.70. The molecule has 1 aliphatic rings. The van der Waals surface area contributed by atoms with Crippen LogP contribution in [0.25, 0.3) is 0 Å². The highest BCUT2D eigenvalue weighted by Crippen LogP contribution is 2.08. The fourth-order valence-corrected chi connectivity index (χ4v) is 0.820. The predicted molar refractivity (Wildman–Crippen MR) is 38.7 cm³/mol. The Morgan fingerprint density at radius 3 is 2.89 bits per heavy atom. The molecule has 9 heavy (non-hydrogen) atoms. The molecular formula is C6H5BrN2. The van der Waals surface area contributed by atoms with Gasteiger partial charge in [-0.3, -0.25) is 0 Å². The predicted octanol–water partition coefficient (Wildman–Crippen LogP) is 1.28. The van der Waals surface area contributed by atoms with E-state index in [-0.39, 0.29) is 0 Å². The summed E-state index contributed by atoms with van der Waals surface area (Å²) in [6.07, 6.45) is 3.61. The highest BCUT2D eigenvalue weighted by Gasteiger charge is 1.99. The summed E-state index contributed by atoms with van der Waals surface area (Å²) in [7, 11) is 0. The van der Waals surface area contributed by atoms with E-state index in [9.17, 15) is 0 Å². The van der Waals surface area contributed by atoms with Crippen molar-refractivity contribution in [3.8, 4) is 6.07 Å². The van der Waals surface area contributed by atoms with Crippen LogP contribution in [0.15, 0.2) is 22.3 Å². The van der Waals surface area contributed by atoms with E-state index in [0.29, 0.717) is 5.70 Å². The highest BCUT2D eigenvalue weighted by atomic mass is 79.9. The molecule has 1 aliphatic heterocycles. The summed E-state index contributed by atoms with van der Waals surface area (Å²) in [6, 6.07) is 2.01. The van der Waals surface area contributed by atoms with Gasteiger partial charge in [0.05, 0.1) is 0 Å². The van der Waals surface area contributed by atoms with Crippen molar-refractivity contribution >= 4 is 15.9 Å². The molecule has 0 aromatic rings. The van der Waals surface area contributed by atoms with Gasteiger partial charge in [-0.05, 0) is 12.2 Å². The zero-order valence-electron chi connectivity index (χ0n) is 4.69. The molecule has 0 atom stereocenters. The molecule has 1 N–H and O–H groups in total. The third-order valence-corrected chi connectivity index (χ3v) is 1.54. The lowest BCUT2D eigenvalue weighted by molar-refractivity contribution is 0.919. The lowest BCUT2D eigenvalue weighted by Crippen LogP contribution is -2.16. The molecule has 3 heteroatoms. The van der Waals surface area contributed by atoms with Crippen LogP contribution in [0, 0.1) is 11.3 Å². The van der Waals surface area contributed by atoms with Crippen molar-refractivity contribution < 1.29 is 0 Å². The Bertz CT molecular complexity index is 210. The van der Waals surface area contributed by atoms with E-state index in [1.54, 1.807) is 6.08 Å². The zero-order chi connectivity index (χ0) is 6.69. The fourth-order valence-electron chi connectivity index (χ4n) is 0.548. The maximum Gasteiger partial charge on any atom is 0.117 e. The topological polar surface area (TPSA) is 35.8 Å². The van der Waals surface area contributed by atoms with Gasteiger partial charge in [-0.1, -0.05) is 15.9 Å². The van der Waals surface area contributed by atoms with E-state index in [2.05, 4.69) is 21.2 Å². The highest BCUT2D eigenvalue weighted by molar-refractivity contribution is 9.11. The van der Waals surface area contributed by atoms with Gasteiger partial charge in [0, 0.05) is 11.0 Å². The van der Waals surface area contributed by atoms with E-state index >= 15 is 0 Å². The van der Waals surface area contributed by atoms with Crippen LogP contribution in [-0.4, -0.2) is 6.54 Å². The average Bonchev–Trinajstić information content (AvgIpc) is 1.90. The maximum atomic E-state index is 8.35. The number of nitriles is 1. The second-order valence-electron chi connectivity index (χ2n) is 1.66. The van der Waals surface area contributed by atoms with Crippen LogP contribution in [0.4, 0.5) is 0 Å². The molecule has 46 valence electrons. The van der Waals surface area contributed by atoms with Gasteiger partial charge in [-0.25, -0.2) is 0 Å². The molecule has 2 nitrogen and oxygen atoms in total. The first-order valence-electron chi connectivity index (χ1n) is 2.53. The minimum Gasteiger partial charge on any atom is -0.372 e. The summed E-state index contributed by atoms with van der Waals surface area (Å²) in [4.78, 5) is 0. The average molecular weight is 185 g/mol. The van der Waals surface area contributed by atoms with E-state index in [0.717, 1.165) is 11.0 Å². The number of rotatable bonds is 0. The van der Waals surface area contributed by atoms with Gasteiger partial charge in [0.25, 0.3) is 0 Å². The van der Waals surface area contributed by atoms with Gasteiger partial charge in [-0.2, -0.15) is 5.26 Å². The summed E-state index contributed by atoms with van der Waals surface area (Å²) >= 11 is 3.29. The van der Waals surface area contributed by atoms with Crippen molar-refractivity contribution in [3.63, 3.8) is 0 Å². The van der Waals surface area contributed by atoms with Crippen LogP contribution >= 0.6 is 15.9 Å². The molecule has 1 rings (SSSR count). The van der Waals surface area contributed by atoms with Crippen LogP contribution in [0.2, 0.25) is 0 Å². The molecule has 0 amide bonds. The lowest BCUT2D eigenvalue weighted by Gasteiger charge is -2.06. The first kappa shape index (κ1) is 6.37. The van der Waals surface area contributed by atoms with Gasteiger partial charge >= 0.3 is 0 Å². The number of hydrogen-bond acceptors (Lipinski definition) is 2. The van der Waals surface area contributed by atoms with Crippen LogP contribution in [0.5, 0.6) is 0 Å². The fraction of sp³-hybridized carbons (Fsp3) is 0.167.